The van der Waals surface area contributed by atoms with Crippen LogP contribution in [0, 0.1) is 17.0 Å². The summed E-state index contributed by atoms with van der Waals surface area (Å²) in [4.78, 5) is 10.0. The highest BCUT2D eigenvalue weighted by Crippen LogP contribution is 2.25. The first-order valence-electron chi connectivity index (χ1n) is 7.99. The van der Waals surface area contributed by atoms with Crippen molar-refractivity contribution in [3.05, 3.63) is 58.1 Å². The Kier molecular flexibility index (Phi) is 4.93. The first-order chi connectivity index (χ1) is 12.6. The topological polar surface area (TPSA) is 135 Å². The van der Waals surface area contributed by atoms with Gasteiger partial charge >= 0.3 is 0 Å². The number of non-ortho nitro benzene ring substituents is 1. The number of anilines is 1. The van der Waals surface area contributed by atoms with Gasteiger partial charge in [0.25, 0.3) is 15.7 Å². The van der Waals surface area contributed by atoms with Gasteiger partial charge in [-0.2, -0.15) is 0 Å². The minimum Gasteiger partial charge on any atom is -0.280 e. The summed E-state index contributed by atoms with van der Waals surface area (Å²) < 4.78 is 54.2. The van der Waals surface area contributed by atoms with Crippen LogP contribution < -0.4 is 9.44 Å². The third-order valence-electron chi connectivity index (χ3n) is 3.99. The second-order valence-electron chi connectivity index (χ2n) is 6.23. The lowest BCUT2D eigenvalue weighted by molar-refractivity contribution is -0.385. The first-order valence-corrected chi connectivity index (χ1v) is 11.0. The summed E-state index contributed by atoms with van der Waals surface area (Å²) in [6, 6.07) is 8.76. The van der Waals surface area contributed by atoms with Crippen LogP contribution in [0.3, 0.4) is 0 Å². The van der Waals surface area contributed by atoms with E-state index in [1.54, 1.807) is 0 Å². The molecule has 2 N–H and O–H groups in total. The van der Waals surface area contributed by atoms with Crippen LogP contribution in [0.15, 0.2) is 52.3 Å². The fourth-order valence-electron chi connectivity index (χ4n) is 2.39. The second-order valence-corrected chi connectivity index (χ2v) is 9.60. The lowest BCUT2D eigenvalue weighted by Crippen LogP contribution is -2.25. The van der Waals surface area contributed by atoms with Crippen LogP contribution >= 0.6 is 0 Å². The van der Waals surface area contributed by atoms with Gasteiger partial charge in [-0.1, -0.05) is 6.07 Å². The fraction of sp³-hybridized carbons (Fsp3) is 0.250. The monoisotopic (exact) mass is 411 g/mol. The minimum absolute atomic E-state index is 0.0314. The number of hydrogen-bond donors (Lipinski definition) is 2. The summed E-state index contributed by atoms with van der Waals surface area (Å²) in [6.45, 7) is 1.53. The molecule has 0 unspecified atom stereocenters. The molecular formula is C16H17N3O6S2. The zero-order valence-electron chi connectivity index (χ0n) is 14.2. The molecule has 2 aromatic rings. The molecule has 0 bridgehead atoms. The molecule has 3 rings (SSSR count). The van der Waals surface area contributed by atoms with Crippen molar-refractivity contribution < 1.29 is 21.8 Å². The summed E-state index contributed by atoms with van der Waals surface area (Å²) >= 11 is 0. The van der Waals surface area contributed by atoms with Gasteiger partial charge in [0.2, 0.25) is 10.0 Å². The van der Waals surface area contributed by atoms with E-state index in [2.05, 4.69) is 9.44 Å². The van der Waals surface area contributed by atoms with Crippen molar-refractivity contribution in [2.45, 2.75) is 35.6 Å². The van der Waals surface area contributed by atoms with E-state index in [1.807, 2.05) is 0 Å². The molecule has 0 heterocycles. The van der Waals surface area contributed by atoms with E-state index in [0.717, 1.165) is 18.9 Å². The molecule has 1 aliphatic rings. The van der Waals surface area contributed by atoms with Gasteiger partial charge in [-0.25, -0.2) is 21.6 Å². The summed E-state index contributed by atoms with van der Waals surface area (Å²) in [7, 11) is -7.71. The highest BCUT2D eigenvalue weighted by molar-refractivity contribution is 7.92. The Morgan fingerprint density at radius 2 is 1.63 bits per heavy atom. The van der Waals surface area contributed by atoms with Crippen LogP contribution in [-0.2, 0) is 20.0 Å². The van der Waals surface area contributed by atoms with Gasteiger partial charge in [0.05, 0.1) is 14.7 Å². The van der Waals surface area contributed by atoms with Crippen molar-refractivity contribution in [2.24, 2.45) is 0 Å². The third-order valence-corrected chi connectivity index (χ3v) is 7.05. The van der Waals surface area contributed by atoms with Crippen LogP contribution in [-0.4, -0.2) is 27.8 Å². The molecule has 1 fully saturated rings. The number of benzene rings is 2. The average molecular weight is 411 g/mol. The Morgan fingerprint density at radius 3 is 2.19 bits per heavy atom. The molecule has 1 saturated carbocycles. The number of nitrogens with zero attached hydrogens (tertiary/aromatic N) is 1. The molecule has 0 spiro atoms. The Balaban J connectivity index is 1.84. The number of sulfonamides is 2. The van der Waals surface area contributed by atoms with E-state index in [1.165, 1.54) is 43.3 Å². The minimum atomic E-state index is -4.08. The first kappa shape index (κ1) is 19.3. The molecule has 0 atom stereocenters. The predicted molar refractivity (Wildman–Crippen MR) is 98.4 cm³/mol. The van der Waals surface area contributed by atoms with Crippen molar-refractivity contribution in [2.75, 3.05) is 4.72 Å². The Hall–Kier alpha value is -2.50. The Bertz CT molecular complexity index is 1090. The smallest absolute Gasteiger partial charge is 0.270 e. The van der Waals surface area contributed by atoms with Crippen LogP contribution in [0.25, 0.3) is 0 Å². The molecule has 0 amide bonds. The quantitative estimate of drug-likeness (QED) is 0.529. The van der Waals surface area contributed by atoms with Crippen LogP contribution in [0.2, 0.25) is 0 Å². The van der Waals surface area contributed by atoms with Crippen molar-refractivity contribution in [3.63, 3.8) is 0 Å². The van der Waals surface area contributed by atoms with E-state index in [-0.39, 0.29) is 27.2 Å². The normalized spacial score (nSPS) is 14.7. The van der Waals surface area contributed by atoms with Crippen molar-refractivity contribution in [1.29, 1.82) is 0 Å². The number of nitrogens with one attached hydrogen (secondary N) is 2. The molecule has 11 heteroatoms. The number of hydrogen-bond acceptors (Lipinski definition) is 6. The highest BCUT2D eigenvalue weighted by Gasteiger charge is 2.28. The zero-order valence-corrected chi connectivity index (χ0v) is 15.9. The van der Waals surface area contributed by atoms with Gasteiger partial charge in [-0.15, -0.1) is 0 Å². The van der Waals surface area contributed by atoms with Crippen molar-refractivity contribution >= 4 is 31.4 Å². The average Bonchev–Trinajstić information content (AvgIpc) is 3.38. The Labute approximate surface area is 156 Å². The highest BCUT2D eigenvalue weighted by atomic mass is 32.2. The number of aryl methyl sites for hydroxylation is 1. The molecule has 0 aliphatic heterocycles. The summed E-state index contributed by atoms with van der Waals surface area (Å²) in [5, 5.41) is 10.9. The van der Waals surface area contributed by atoms with Gasteiger partial charge in [0.1, 0.15) is 0 Å². The molecule has 0 saturated heterocycles. The van der Waals surface area contributed by atoms with E-state index >= 15 is 0 Å². The lowest BCUT2D eigenvalue weighted by Gasteiger charge is -2.11. The maximum atomic E-state index is 12.6. The maximum Gasteiger partial charge on any atom is 0.270 e. The number of nitro benzene ring substituents is 1. The van der Waals surface area contributed by atoms with Gasteiger partial charge < -0.3 is 0 Å². The molecule has 9 nitrogen and oxygen atoms in total. The van der Waals surface area contributed by atoms with E-state index in [9.17, 15) is 26.9 Å². The van der Waals surface area contributed by atoms with Gasteiger partial charge in [-0.05, 0) is 49.6 Å². The molecule has 1 aliphatic carbocycles. The van der Waals surface area contributed by atoms with E-state index in [4.69, 9.17) is 0 Å². The van der Waals surface area contributed by atoms with Crippen LogP contribution in [0.4, 0.5) is 11.4 Å². The Morgan fingerprint density at radius 1 is 1.00 bits per heavy atom. The standard InChI is InChI=1S/C16H17N3O6S2/c1-11-2-7-14(19(20)21)10-16(11)27(24,25)18-13-5-8-15(9-6-13)26(22,23)17-12-3-4-12/h2,5-10,12,17-18H,3-4H2,1H3. The summed E-state index contributed by atoms with van der Waals surface area (Å²) in [5.74, 6) is 0. The van der Waals surface area contributed by atoms with E-state index in [0.29, 0.717) is 5.56 Å². The molecule has 2 aromatic carbocycles. The van der Waals surface area contributed by atoms with Crippen LogP contribution in [0.5, 0.6) is 0 Å². The predicted octanol–water partition coefficient (Wildman–Crippen LogP) is 2.14. The van der Waals surface area contributed by atoms with Gasteiger partial charge in [-0.3, -0.25) is 14.8 Å². The summed E-state index contributed by atoms with van der Waals surface area (Å²) in [5.41, 5.74) is 0.153. The maximum absolute atomic E-state index is 12.6. The fourth-order valence-corrected chi connectivity index (χ4v) is 5.02. The van der Waals surface area contributed by atoms with E-state index < -0.39 is 25.0 Å². The molecule has 0 aromatic heterocycles. The lowest BCUT2D eigenvalue weighted by atomic mass is 10.2. The number of rotatable bonds is 7. The third kappa shape index (κ3) is 4.43. The van der Waals surface area contributed by atoms with Crippen molar-refractivity contribution in [3.8, 4) is 0 Å². The molecule has 144 valence electrons. The SMILES string of the molecule is Cc1ccc([N+](=O)[O-])cc1S(=O)(=O)Nc1ccc(S(=O)(=O)NC2CC2)cc1. The summed E-state index contributed by atoms with van der Waals surface area (Å²) in [6.07, 6.45) is 1.61. The van der Waals surface area contributed by atoms with Gasteiger partial charge in [0.15, 0.2) is 0 Å². The van der Waals surface area contributed by atoms with Gasteiger partial charge in [0, 0.05) is 23.9 Å². The second kappa shape index (κ2) is 6.91. The zero-order chi connectivity index (χ0) is 19.8. The van der Waals surface area contributed by atoms with Crippen LogP contribution in [0.1, 0.15) is 18.4 Å². The molecular weight excluding hydrogens is 394 g/mol. The number of nitro groups is 1. The molecule has 0 radical (unpaired) electrons. The largest absolute Gasteiger partial charge is 0.280 e. The molecule has 27 heavy (non-hydrogen) atoms. The van der Waals surface area contributed by atoms with Crippen molar-refractivity contribution in [1.82, 2.24) is 4.72 Å².